The second kappa shape index (κ2) is 7.54. The first-order chi connectivity index (χ1) is 10.5. The molecule has 1 aromatic carbocycles. The van der Waals surface area contributed by atoms with E-state index in [-0.39, 0.29) is 17.6 Å². The number of allylic oxidation sites excluding steroid dienone is 1. The molecule has 2 rings (SSSR count). The van der Waals surface area contributed by atoms with E-state index in [0.717, 1.165) is 30.4 Å². The van der Waals surface area contributed by atoms with Crippen LogP contribution in [0.1, 0.15) is 44.8 Å². The molecule has 1 amide bonds. The number of carbonyl (C=O) groups is 1. The lowest BCUT2D eigenvalue weighted by Gasteiger charge is -2.34. The van der Waals surface area contributed by atoms with Crippen LogP contribution in [0.2, 0.25) is 0 Å². The van der Waals surface area contributed by atoms with Gasteiger partial charge in [-0.15, -0.1) is 0 Å². The van der Waals surface area contributed by atoms with Crippen LogP contribution in [0.5, 0.6) is 0 Å². The maximum atomic E-state index is 12.9. The number of carbonyl (C=O) groups excluding carboxylic acids is 1. The van der Waals surface area contributed by atoms with Gasteiger partial charge in [0.15, 0.2) is 0 Å². The second-order valence-electron chi connectivity index (χ2n) is 5.92. The fourth-order valence-electron chi connectivity index (χ4n) is 2.99. The van der Waals surface area contributed by atoms with Crippen molar-refractivity contribution in [1.29, 1.82) is 0 Å². The molecule has 1 fully saturated rings. The van der Waals surface area contributed by atoms with Crippen LogP contribution in [0.25, 0.3) is 0 Å². The van der Waals surface area contributed by atoms with E-state index in [1.165, 1.54) is 12.1 Å². The Morgan fingerprint density at radius 3 is 2.50 bits per heavy atom. The molecular weight excluding hydrogens is 281 g/mol. The third kappa shape index (κ3) is 3.95. The summed E-state index contributed by atoms with van der Waals surface area (Å²) in [5.74, 6) is -0.0869. The number of piperidine rings is 1. The maximum Gasteiger partial charge on any atom is 0.249 e. The summed E-state index contributed by atoms with van der Waals surface area (Å²) < 4.78 is 12.9. The summed E-state index contributed by atoms with van der Waals surface area (Å²) in [4.78, 5) is 14.1. The third-order valence-electron chi connectivity index (χ3n) is 4.33. The number of amides is 1. The third-order valence-corrected chi connectivity index (χ3v) is 4.33. The van der Waals surface area contributed by atoms with Crippen LogP contribution in [-0.2, 0) is 4.79 Å². The van der Waals surface area contributed by atoms with Crippen molar-refractivity contribution < 1.29 is 14.3 Å². The number of benzene rings is 1. The smallest absolute Gasteiger partial charge is 0.249 e. The number of likely N-dealkylation sites (tertiary alicyclic amines) is 1. The van der Waals surface area contributed by atoms with Crippen LogP contribution in [0.15, 0.2) is 35.9 Å². The van der Waals surface area contributed by atoms with Crippen molar-refractivity contribution in [2.45, 2.75) is 39.2 Å². The summed E-state index contributed by atoms with van der Waals surface area (Å²) in [6.07, 6.45) is 3.75. The SMILES string of the molecule is CC/C=C(\C)C(=O)N1CCC(C(O)c2ccc(F)cc2)CC1. The Morgan fingerprint density at radius 2 is 1.95 bits per heavy atom. The molecule has 0 radical (unpaired) electrons. The average molecular weight is 305 g/mol. The minimum Gasteiger partial charge on any atom is -0.388 e. The summed E-state index contributed by atoms with van der Waals surface area (Å²) in [6.45, 7) is 5.20. The first kappa shape index (κ1) is 16.7. The van der Waals surface area contributed by atoms with E-state index >= 15 is 0 Å². The largest absolute Gasteiger partial charge is 0.388 e. The van der Waals surface area contributed by atoms with Crippen molar-refractivity contribution >= 4 is 5.91 Å². The summed E-state index contributed by atoms with van der Waals surface area (Å²) in [5, 5.41) is 10.4. The van der Waals surface area contributed by atoms with Gasteiger partial charge in [-0.05, 0) is 49.8 Å². The summed E-state index contributed by atoms with van der Waals surface area (Å²) >= 11 is 0. The van der Waals surface area contributed by atoms with Crippen LogP contribution in [-0.4, -0.2) is 29.0 Å². The normalized spacial score (nSPS) is 18.4. The van der Waals surface area contributed by atoms with E-state index in [0.29, 0.717) is 13.1 Å². The monoisotopic (exact) mass is 305 g/mol. The molecule has 22 heavy (non-hydrogen) atoms. The first-order valence-electron chi connectivity index (χ1n) is 7.92. The minimum absolute atomic E-state index is 0.0940. The summed E-state index contributed by atoms with van der Waals surface area (Å²) in [5.41, 5.74) is 1.54. The van der Waals surface area contributed by atoms with Crippen LogP contribution in [0.3, 0.4) is 0 Å². The number of hydrogen-bond acceptors (Lipinski definition) is 2. The van der Waals surface area contributed by atoms with Gasteiger partial charge < -0.3 is 10.0 Å². The van der Waals surface area contributed by atoms with Gasteiger partial charge in [-0.25, -0.2) is 4.39 Å². The Kier molecular flexibility index (Phi) is 5.72. The highest BCUT2D eigenvalue weighted by Gasteiger charge is 2.28. The van der Waals surface area contributed by atoms with Crippen LogP contribution in [0, 0.1) is 11.7 Å². The quantitative estimate of drug-likeness (QED) is 0.866. The molecule has 1 saturated heterocycles. The van der Waals surface area contributed by atoms with Gasteiger partial charge in [0.25, 0.3) is 0 Å². The molecule has 1 atom stereocenters. The predicted molar refractivity (Wildman–Crippen MR) is 84.7 cm³/mol. The highest BCUT2D eigenvalue weighted by atomic mass is 19.1. The first-order valence-corrected chi connectivity index (χ1v) is 7.92. The van der Waals surface area contributed by atoms with Crippen molar-refractivity contribution in [2.75, 3.05) is 13.1 Å². The van der Waals surface area contributed by atoms with Gasteiger partial charge >= 0.3 is 0 Å². The van der Waals surface area contributed by atoms with Gasteiger partial charge in [0.2, 0.25) is 5.91 Å². The van der Waals surface area contributed by atoms with Gasteiger partial charge in [-0.2, -0.15) is 0 Å². The lowest BCUT2D eigenvalue weighted by atomic mass is 9.87. The molecule has 1 aliphatic heterocycles. The second-order valence-corrected chi connectivity index (χ2v) is 5.92. The molecule has 1 N–H and O–H groups in total. The Labute approximate surface area is 131 Å². The van der Waals surface area contributed by atoms with Crippen molar-refractivity contribution in [3.05, 3.63) is 47.3 Å². The van der Waals surface area contributed by atoms with Gasteiger partial charge in [-0.1, -0.05) is 25.1 Å². The lowest BCUT2D eigenvalue weighted by molar-refractivity contribution is -0.129. The zero-order valence-corrected chi connectivity index (χ0v) is 13.3. The Morgan fingerprint density at radius 1 is 1.36 bits per heavy atom. The highest BCUT2D eigenvalue weighted by molar-refractivity contribution is 5.92. The average Bonchev–Trinajstić information content (AvgIpc) is 2.54. The number of rotatable bonds is 4. The zero-order valence-electron chi connectivity index (χ0n) is 13.3. The van der Waals surface area contributed by atoms with E-state index in [4.69, 9.17) is 0 Å². The van der Waals surface area contributed by atoms with E-state index in [9.17, 15) is 14.3 Å². The summed E-state index contributed by atoms with van der Waals surface area (Å²) in [6, 6.07) is 6.00. The molecule has 0 saturated carbocycles. The minimum atomic E-state index is -0.592. The maximum absolute atomic E-state index is 12.9. The van der Waals surface area contributed by atoms with Gasteiger partial charge in [0.05, 0.1) is 6.10 Å². The Balaban J connectivity index is 1.93. The van der Waals surface area contributed by atoms with Crippen molar-refractivity contribution in [1.82, 2.24) is 4.90 Å². The van der Waals surface area contributed by atoms with E-state index < -0.39 is 6.10 Å². The topological polar surface area (TPSA) is 40.5 Å². The van der Waals surface area contributed by atoms with Crippen molar-refractivity contribution in [3.8, 4) is 0 Å². The number of aliphatic hydroxyl groups is 1. The molecule has 3 nitrogen and oxygen atoms in total. The molecule has 1 aliphatic rings. The van der Waals surface area contributed by atoms with E-state index in [1.54, 1.807) is 12.1 Å². The predicted octanol–water partition coefficient (Wildman–Crippen LogP) is 3.45. The molecular formula is C18H24FNO2. The lowest BCUT2D eigenvalue weighted by Crippen LogP contribution is -2.40. The zero-order chi connectivity index (χ0) is 16.1. The van der Waals surface area contributed by atoms with Crippen molar-refractivity contribution in [3.63, 3.8) is 0 Å². The van der Waals surface area contributed by atoms with Crippen LogP contribution < -0.4 is 0 Å². The molecule has 0 spiro atoms. The number of aliphatic hydroxyl groups excluding tert-OH is 1. The molecule has 4 heteroatoms. The molecule has 1 heterocycles. The highest BCUT2D eigenvalue weighted by Crippen LogP contribution is 2.31. The molecule has 1 unspecified atom stereocenters. The van der Waals surface area contributed by atoms with E-state index in [1.807, 2.05) is 24.8 Å². The standard InChI is InChI=1S/C18H24FNO2/c1-3-4-13(2)18(22)20-11-9-15(10-12-20)17(21)14-5-7-16(19)8-6-14/h4-8,15,17,21H,3,9-12H2,1-2H3/b13-4+. The molecule has 1 aromatic rings. The molecule has 0 bridgehead atoms. The Hall–Kier alpha value is -1.68. The number of nitrogens with zero attached hydrogens (tertiary/aromatic N) is 1. The number of halogens is 1. The van der Waals surface area contributed by atoms with Gasteiger partial charge in [-0.3, -0.25) is 4.79 Å². The molecule has 120 valence electrons. The summed E-state index contributed by atoms with van der Waals surface area (Å²) in [7, 11) is 0. The molecule has 0 aromatic heterocycles. The van der Waals surface area contributed by atoms with Crippen molar-refractivity contribution in [2.24, 2.45) is 5.92 Å². The number of hydrogen-bond donors (Lipinski definition) is 1. The molecule has 0 aliphatic carbocycles. The van der Waals surface area contributed by atoms with Crippen LogP contribution >= 0.6 is 0 Å². The fraction of sp³-hybridized carbons (Fsp3) is 0.500. The van der Waals surface area contributed by atoms with E-state index in [2.05, 4.69) is 0 Å². The van der Waals surface area contributed by atoms with Gasteiger partial charge in [0, 0.05) is 18.7 Å². The van der Waals surface area contributed by atoms with Crippen LogP contribution in [0.4, 0.5) is 4.39 Å². The van der Waals surface area contributed by atoms with Gasteiger partial charge in [0.1, 0.15) is 5.82 Å². The Bertz CT molecular complexity index is 531. The fourth-order valence-corrected chi connectivity index (χ4v) is 2.99.